The molecule has 0 unspecified atom stereocenters. The van der Waals surface area contributed by atoms with E-state index < -0.39 is 11.6 Å². The second-order valence-corrected chi connectivity index (χ2v) is 7.37. The van der Waals surface area contributed by atoms with E-state index in [4.69, 9.17) is 0 Å². The smallest absolute Gasteiger partial charge is 0.346 e. The van der Waals surface area contributed by atoms with Crippen LogP contribution in [0.2, 0.25) is 0 Å². The Morgan fingerprint density at radius 2 is 1.69 bits per heavy atom. The molecule has 0 radical (unpaired) electrons. The summed E-state index contributed by atoms with van der Waals surface area (Å²) in [6, 6.07) is 17.3. The van der Waals surface area contributed by atoms with Gasteiger partial charge in [0, 0.05) is 18.8 Å². The van der Waals surface area contributed by atoms with Gasteiger partial charge in [-0.3, -0.25) is 4.79 Å². The first-order valence-electron chi connectivity index (χ1n) is 10.1. The minimum atomic E-state index is -0.948. The lowest BCUT2D eigenvalue weighted by atomic mass is 9.93. The number of rotatable bonds is 8. The molecular formula is C23H28N4O2. The predicted octanol–water partition coefficient (Wildman–Crippen LogP) is 3.81. The third kappa shape index (κ3) is 4.65. The fraction of sp³-hybridized carbons (Fsp3) is 0.348. The van der Waals surface area contributed by atoms with Crippen molar-refractivity contribution < 1.29 is 9.59 Å². The van der Waals surface area contributed by atoms with Crippen LogP contribution < -0.4 is 10.2 Å². The van der Waals surface area contributed by atoms with Crippen LogP contribution in [0.1, 0.15) is 38.3 Å². The Hall–Kier alpha value is -3.15. The molecule has 1 aliphatic heterocycles. The van der Waals surface area contributed by atoms with Crippen LogP contribution in [0.4, 0.5) is 10.5 Å². The maximum absolute atomic E-state index is 12.8. The molecular weight excluding hydrogens is 364 g/mol. The minimum absolute atomic E-state index is 0.325. The predicted molar refractivity (Wildman–Crippen MR) is 116 cm³/mol. The summed E-state index contributed by atoms with van der Waals surface area (Å²) in [7, 11) is 0. The monoisotopic (exact) mass is 392 g/mol. The summed E-state index contributed by atoms with van der Waals surface area (Å²) in [5.74, 6) is -0.325. The van der Waals surface area contributed by atoms with Crippen molar-refractivity contribution >= 4 is 23.8 Å². The molecule has 1 saturated heterocycles. The molecule has 1 fully saturated rings. The lowest BCUT2D eigenvalue weighted by molar-refractivity contribution is -0.130. The van der Waals surface area contributed by atoms with E-state index in [0.717, 1.165) is 34.9 Å². The van der Waals surface area contributed by atoms with Crippen LogP contribution in [0.15, 0.2) is 59.7 Å². The Labute approximate surface area is 172 Å². The van der Waals surface area contributed by atoms with Gasteiger partial charge in [-0.2, -0.15) is 5.10 Å². The van der Waals surface area contributed by atoms with Crippen LogP contribution >= 0.6 is 0 Å². The van der Waals surface area contributed by atoms with E-state index in [2.05, 4.69) is 29.2 Å². The highest BCUT2D eigenvalue weighted by atomic mass is 16.2. The normalized spacial score (nSPS) is 19.1. The van der Waals surface area contributed by atoms with Crippen molar-refractivity contribution in [2.24, 2.45) is 5.10 Å². The van der Waals surface area contributed by atoms with Gasteiger partial charge < -0.3 is 10.2 Å². The fourth-order valence-corrected chi connectivity index (χ4v) is 3.47. The van der Waals surface area contributed by atoms with Gasteiger partial charge in [-0.25, -0.2) is 4.79 Å². The molecule has 1 heterocycles. The van der Waals surface area contributed by atoms with Gasteiger partial charge in [-0.1, -0.05) is 42.5 Å². The van der Waals surface area contributed by atoms with Crippen molar-refractivity contribution in [2.45, 2.75) is 39.2 Å². The maximum atomic E-state index is 12.8. The van der Waals surface area contributed by atoms with Gasteiger partial charge in [0.25, 0.3) is 5.91 Å². The van der Waals surface area contributed by atoms with Crippen molar-refractivity contribution in [3.8, 4) is 0 Å². The molecule has 2 aromatic rings. The average Bonchev–Trinajstić information content (AvgIpc) is 2.96. The van der Waals surface area contributed by atoms with E-state index in [1.807, 2.05) is 54.6 Å². The minimum Gasteiger partial charge on any atom is -0.372 e. The molecule has 2 aromatic carbocycles. The fourth-order valence-electron chi connectivity index (χ4n) is 3.47. The lowest BCUT2D eigenvalue weighted by Gasteiger charge is -2.21. The maximum Gasteiger partial charge on any atom is 0.346 e. The number of carbonyl (C=O) groups is 2. The third-order valence-corrected chi connectivity index (χ3v) is 5.34. The van der Waals surface area contributed by atoms with E-state index in [1.54, 1.807) is 13.1 Å². The van der Waals surface area contributed by atoms with E-state index in [0.29, 0.717) is 12.8 Å². The van der Waals surface area contributed by atoms with Crippen LogP contribution in [0.3, 0.4) is 0 Å². The van der Waals surface area contributed by atoms with Gasteiger partial charge in [0.1, 0.15) is 5.54 Å². The molecule has 3 amide bonds. The molecule has 152 valence electrons. The van der Waals surface area contributed by atoms with Crippen LogP contribution in [0.25, 0.3) is 0 Å². The molecule has 6 heteroatoms. The zero-order valence-electron chi connectivity index (χ0n) is 17.3. The molecule has 1 atom stereocenters. The van der Waals surface area contributed by atoms with Crippen LogP contribution in [0.5, 0.6) is 0 Å². The number of hydrazone groups is 1. The van der Waals surface area contributed by atoms with Gasteiger partial charge in [0.2, 0.25) is 0 Å². The first-order chi connectivity index (χ1) is 14.0. The molecule has 1 N–H and O–H groups in total. The first-order valence-corrected chi connectivity index (χ1v) is 10.1. The van der Waals surface area contributed by atoms with E-state index in [-0.39, 0.29) is 5.91 Å². The number of urea groups is 1. The van der Waals surface area contributed by atoms with Crippen molar-refractivity contribution in [2.75, 3.05) is 18.0 Å². The molecule has 0 bridgehead atoms. The van der Waals surface area contributed by atoms with Gasteiger partial charge in [-0.15, -0.1) is 5.01 Å². The Balaban J connectivity index is 1.66. The van der Waals surface area contributed by atoms with Crippen molar-refractivity contribution in [1.82, 2.24) is 10.3 Å². The standard InChI is InChI=1S/C23H28N4O2/c1-4-26(5-2)20-13-11-19(12-14-20)17-24-27-21(28)23(3,25-22(27)29)16-15-18-9-7-6-8-10-18/h6-14,17H,4-5,15-16H2,1-3H3,(H,25,29)/b24-17-/t23-/m1/s1. The van der Waals surface area contributed by atoms with Crippen molar-refractivity contribution in [3.63, 3.8) is 0 Å². The Morgan fingerprint density at radius 3 is 2.31 bits per heavy atom. The summed E-state index contributed by atoms with van der Waals surface area (Å²) in [6.07, 6.45) is 2.77. The lowest BCUT2D eigenvalue weighted by Crippen LogP contribution is -2.44. The quantitative estimate of drug-likeness (QED) is 0.549. The molecule has 0 saturated carbocycles. The van der Waals surface area contributed by atoms with Gasteiger partial charge in [0.05, 0.1) is 6.21 Å². The number of nitrogens with one attached hydrogen (secondary N) is 1. The molecule has 1 aliphatic rings. The summed E-state index contributed by atoms with van der Waals surface area (Å²) in [5.41, 5.74) is 2.15. The number of hydrogen-bond donors (Lipinski definition) is 1. The topological polar surface area (TPSA) is 65.0 Å². The summed E-state index contributed by atoms with van der Waals surface area (Å²) in [6.45, 7) is 7.86. The number of amides is 3. The van der Waals surface area contributed by atoms with Crippen LogP contribution in [-0.2, 0) is 11.2 Å². The second kappa shape index (κ2) is 8.90. The summed E-state index contributed by atoms with van der Waals surface area (Å²) < 4.78 is 0. The zero-order chi connectivity index (χ0) is 20.9. The number of carbonyl (C=O) groups excluding carboxylic acids is 2. The van der Waals surface area contributed by atoms with Crippen LogP contribution in [-0.4, -0.2) is 41.8 Å². The number of hydrogen-bond acceptors (Lipinski definition) is 4. The van der Waals surface area contributed by atoms with Gasteiger partial charge in [0.15, 0.2) is 0 Å². The summed E-state index contributed by atoms with van der Waals surface area (Å²) >= 11 is 0. The van der Waals surface area contributed by atoms with Crippen molar-refractivity contribution in [3.05, 3.63) is 65.7 Å². The molecule has 3 rings (SSSR count). The highest BCUT2D eigenvalue weighted by Gasteiger charge is 2.47. The average molecular weight is 393 g/mol. The number of nitrogens with zero attached hydrogens (tertiary/aromatic N) is 3. The highest BCUT2D eigenvalue weighted by molar-refractivity contribution is 6.07. The van der Waals surface area contributed by atoms with Crippen LogP contribution in [0, 0.1) is 0 Å². The SMILES string of the molecule is CCN(CC)c1ccc(/C=N\N2C(=O)N[C@](C)(CCc3ccccc3)C2=O)cc1. The van der Waals surface area contributed by atoms with E-state index in [1.165, 1.54) is 0 Å². The molecule has 29 heavy (non-hydrogen) atoms. The van der Waals surface area contributed by atoms with E-state index >= 15 is 0 Å². The molecule has 0 spiro atoms. The summed E-state index contributed by atoms with van der Waals surface area (Å²) in [4.78, 5) is 27.4. The highest BCUT2D eigenvalue weighted by Crippen LogP contribution is 2.23. The number of benzene rings is 2. The Morgan fingerprint density at radius 1 is 1.03 bits per heavy atom. The first kappa shape index (κ1) is 20.6. The van der Waals surface area contributed by atoms with E-state index in [9.17, 15) is 9.59 Å². The Bertz CT molecular complexity index is 876. The number of aryl methyl sites for hydroxylation is 1. The Kier molecular flexibility index (Phi) is 6.32. The number of imide groups is 1. The molecule has 6 nitrogen and oxygen atoms in total. The molecule has 0 aliphatic carbocycles. The largest absolute Gasteiger partial charge is 0.372 e. The third-order valence-electron chi connectivity index (χ3n) is 5.34. The van der Waals surface area contributed by atoms with Gasteiger partial charge >= 0.3 is 6.03 Å². The number of anilines is 1. The van der Waals surface area contributed by atoms with Crippen molar-refractivity contribution in [1.29, 1.82) is 0 Å². The van der Waals surface area contributed by atoms with Gasteiger partial charge in [-0.05, 0) is 56.9 Å². The zero-order valence-corrected chi connectivity index (χ0v) is 17.3. The second-order valence-electron chi connectivity index (χ2n) is 7.37. The summed E-state index contributed by atoms with van der Waals surface area (Å²) in [5, 5.41) is 7.88. The molecule has 0 aromatic heterocycles.